The molecule has 2 aromatic carbocycles. The Balaban J connectivity index is 1.49. The molecule has 0 aliphatic carbocycles. The summed E-state index contributed by atoms with van der Waals surface area (Å²) in [6.07, 6.45) is 5.13. The smallest absolute Gasteiger partial charge is 0.243 e. The monoisotopic (exact) mass is 322 g/mol. The molecule has 4 nitrogen and oxygen atoms in total. The summed E-state index contributed by atoms with van der Waals surface area (Å²) in [7, 11) is 0. The minimum atomic E-state index is -0.308. The number of aliphatic imine (C=N–C) groups is 1. The molecule has 0 saturated heterocycles. The molecule has 0 radical (unpaired) electrons. The van der Waals surface area contributed by atoms with Crippen molar-refractivity contribution in [2.24, 2.45) is 4.99 Å². The average Bonchev–Trinajstić information content (AvgIpc) is 3.06. The first kappa shape index (κ1) is 16.4. The lowest BCUT2D eigenvalue weighted by Gasteiger charge is -2.05. The van der Waals surface area contributed by atoms with E-state index in [-0.39, 0.29) is 5.91 Å². The second-order valence-corrected chi connectivity index (χ2v) is 6.16. The molecule has 0 atom stereocenters. The second kappa shape index (κ2) is 7.88. The number of hydrogen-bond acceptors (Lipinski definition) is 3. The topological polar surface area (TPSA) is 61.7 Å². The SMILES string of the molecule is O=C(CCCCCc1ccc(C2=Nc3ccccc3C2)cc1)NO. The fourth-order valence-electron chi connectivity index (χ4n) is 3.01. The van der Waals surface area contributed by atoms with Crippen LogP contribution in [-0.2, 0) is 17.6 Å². The Bertz CT molecular complexity index is 736. The van der Waals surface area contributed by atoms with Crippen LogP contribution in [0.2, 0.25) is 0 Å². The third-order valence-electron chi connectivity index (χ3n) is 4.39. The molecule has 0 spiro atoms. The Hall–Kier alpha value is -2.46. The highest BCUT2D eigenvalue weighted by molar-refractivity contribution is 6.06. The van der Waals surface area contributed by atoms with Crippen LogP contribution < -0.4 is 5.48 Å². The Labute approximate surface area is 142 Å². The van der Waals surface area contributed by atoms with E-state index < -0.39 is 0 Å². The molecule has 1 amide bonds. The van der Waals surface area contributed by atoms with E-state index in [1.807, 2.05) is 6.07 Å². The number of amides is 1. The highest BCUT2D eigenvalue weighted by Crippen LogP contribution is 2.28. The number of unbranched alkanes of at least 4 members (excludes halogenated alkanes) is 2. The molecule has 0 bridgehead atoms. The van der Waals surface area contributed by atoms with Crippen molar-refractivity contribution in [2.45, 2.75) is 38.5 Å². The Morgan fingerprint density at radius 1 is 1.04 bits per heavy atom. The van der Waals surface area contributed by atoms with Gasteiger partial charge in [-0.25, -0.2) is 5.48 Å². The number of benzene rings is 2. The highest BCUT2D eigenvalue weighted by Gasteiger charge is 2.14. The molecule has 0 saturated carbocycles. The normalized spacial score (nSPS) is 12.6. The van der Waals surface area contributed by atoms with E-state index in [9.17, 15) is 4.79 Å². The minimum absolute atomic E-state index is 0.308. The van der Waals surface area contributed by atoms with Crippen molar-refractivity contribution in [2.75, 3.05) is 0 Å². The van der Waals surface area contributed by atoms with Gasteiger partial charge < -0.3 is 0 Å². The largest absolute Gasteiger partial charge is 0.289 e. The van der Waals surface area contributed by atoms with Gasteiger partial charge in [-0.1, -0.05) is 48.9 Å². The van der Waals surface area contributed by atoms with Crippen molar-refractivity contribution in [1.82, 2.24) is 5.48 Å². The zero-order valence-electron chi connectivity index (χ0n) is 13.7. The van der Waals surface area contributed by atoms with E-state index in [0.717, 1.165) is 43.5 Å². The lowest BCUT2D eigenvalue weighted by atomic mass is 10.0. The van der Waals surface area contributed by atoms with Gasteiger partial charge >= 0.3 is 0 Å². The van der Waals surface area contributed by atoms with E-state index in [0.29, 0.717) is 6.42 Å². The molecular formula is C20H22N2O2. The second-order valence-electron chi connectivity index (χ2n) is 6.16. The van der Waals surface area contributed by atoms with Gasteiger partial charge in [0.05, 0.1) is 11.4 Å². The maximum Gasteiger partial charge on any atom is 0.243 e. The predicted molar refractivity (Wildman–Crippen MR) is 94.9 cm³/mol. The number of carbonyl (C=O) groups is 1. The van der Waals surface area contributed by atoms with Crippen molar-refractivity contribution in [3.05, 3.63) is 65.2 Å². The zero-order chi connectivity index (χ0) is 16.8. The number of aryl methyl sites for hydroxylation is 1. The Morgan fingerprint density at radius 3 is 2.58 bits per heavy atom. The predicted octanol–water partition coefficient (Wildman–Crippen LogP) is 3.97. The molecule has 0 unspecified atom stereocenters. The summed E-state index contributed by atoms with van der Waals surface area (Å²) >= 11 is 0. The fraction of sp³-hybridized carbons (Fsp3) is 0.300. The van der Waals surface area contributed by atoms with Gasteiger partial charge in [0.15, 0.2) is 0 Å². The lowest BCUT2D eigenvalue weighted by Crippen LogP contribution is -2.17. The number of rotatable bonds is 7. The Morgan fingerprint density at radius 2 is 1.83 bits per heavy atom. The highest BCUT2D eigenvalue weighted by atomic mass is 16.5. The molecule has 1 aliphatic heterocycles. The number of nitrogens with one attached hydrogen (secondary N) is 1. The fourth-order valence-corrected chi connectivity index (χ4v) is 3.01. The molecule has 1 heterocycles. The maximum absolute atomic E-state index is 10.9. The summed E-state index contributed by atoms with van der Waals surface area (Å²) in [6, 6.07) is 16.9. The number of carbonyl (C=O) groups excluding carboxylic acids is 1. The quantitative estimate of drug-likeness (QED) is 0.460. The summed E-state index contributed by atoms with van der Waals surface area (Å²) < 4.78 is 0. The number of para-hydroxylation sites is 1. The number of hydroxylamine groups is 1. The maximum atomic E-state index is 10.9. The first-order valence-corrected chi connectivity index (χ1v) is 8.44. The van der Waals surface area contributed by atoms with E-state index in [1.165, 1.54) is 16.7 Å². The zero-order valence-corrected chi connectivity index (χ0v) is 13.7. The van der Waals surface area contributed by atoms with Gasteiger partial charge in [0.2, 0.25) is 5.91 Å². The lowest BCUT2D eigenvalue weighted by molar-refractivity contribution is -0.129. The van der Waals surface area contributed by atoms with Crippen molar-refractivity contribution in [1.29, 1.82) is 0 Å². The summed E-state index contributed by atoms with van der Waals surface area (Å²) in [5, 5.41) is 8.43. The third kappa shape index (κ3) is 4.09. The van der Waals surface area contributed by atoms with Crippen LogP contribution in [-0.4, -0.2) is 16.8 Å². The number of nitrogens with zero attached hydrogens (tertiary/aromatic N) is 1. The molecule has 0 aromatic heterocycles. The standard InChI is InChI=1S/C20H22N2O2/c23-20(22-24)9-3-1-2-6-15-10-12-16(13-11-15)19-14-17-7-4-5-8-18(17)21-19/h4-5,7-8,10-13,24H,1-3,6,9,14H2,(H,22,23). The summed E-state index contributed by atoms with van der Waals surface area (Å²) in [5.41, 5.74) is 7.68. The van der Waals surface area contributed by atoms with Crippen molar-refractivity contribution in [3.8, 4) is 0 Å². The molecule has 4 heteroatoms. The third-order valence-corrected chi connectivity index (χ3v) is 4.39. The summed E-state index contributed by atoms with van der Waals surface area (Å²) in [4.78, 5) is 15.6. The van der Waals surface area contributed by atoms with E-state index in [1.54, 1.807) is 5.48 Å². The minimum Gasteiger partial charge on any atom is -0.289 e. The van der Waals surface area contributed by atoms with Gasteiger partial charge in [-0.15, -0.1) is 0 Å². The van der Waals surface area contributed by atoms with E-state index in [2.05, 4.69) is 42.5 Å². The number of hydrogen-bond donors (Lipinski definition) is 2. The van der Waals surface area contributed by atoms with E-state index in [4.69, 9.17) is 10.2 Å². The van der Waals surface area contributed by atoms with Gasteiger partial charge in [-0.2, -0.15) is 0 Å². The van der Waals surface area contributed by atoms with Crippen LogP contribution in [0.15, 0.2) is 53.5 Å². The van der Waals surface area contributed by atoms with Crippen molar-refractivity contribution >= 4 is 17.3 Å². The molecule has 2 aromatic rings. The molecule has 2 N–H and O–H groups in total. The molecular weight excluding hydrogens is 300 g/mol. The van der Waals surface area contributed by atoms with Gasteiger partial charge in [0, 0.05) is 12.8 Å². The van der Waals surface area contributed by atoms with Crippen LogP contribution in [0.25, 0.3) is 0 Å². The van der Waals surface area contributed by atoms with Crippen LogP contribution >= 0.6 is 0 Å². The molecule has 1 aliphatic rings. The molecule has 24 heavy (non-hydrogen) atoms. The molecule has 3 rings (SSSR count). The summed E-state index contributed by atoms with van der Waals surface area (Å²) in [5.74, 6) is -0.308. The molecule has 0 fully saturated rings. The van der Waals surface area contributed by atoms with Crippen LogP contribution in [0.5, 0.6) is 0 Å². The van der Waals surface area contributed by atoms with Crippen LogP contribution in [0.3, 0.4) is 0 Å². The number of fused-ring (bicyclic) bond motifs is 1. The first-order valence-electron chi connectivity index (χ1n) is 8.44. The van der Waals surface area contributed by atoms with Crippen molar-refractivity contribution < 1.29 is 10.0 Å². The first-order chi connectivity index (χ1) is 11.8. The van der Waals surface area contributed by atoms with Crippen LogP contribution in [0, 0.1) is 0 Å². The Kier molecular flexibility index (Phi) is 5.39. The average molecular weight is 322 g/mol. The molecule has 124 valence electrons. The van der Waals surface area contributed by atoms with Gasteiger partial charge in [-0.05, 0) is 42.0 Å². The van der Waals surface area contributed by atoms with Gasteiger partial charge in [-0.3, -0.25) is 15.0 Å². The van der Waals surface area contributed by atoms with Crippen LogP contribution in [0.4, 0.5) is 5.69 Å². The van der Waals surface area contributed by atoms with Gasteiger partial charge in [0.25, 0.3) is 0 Å². The summed E-state index contributed by atoms with van der Waals surface area (Å²) in [6.45, 7) is 0. The van der Waals surface area contributed by atoms with E-state index >= 15 is 0 Å². The van der Waals surface area contributed by atoms with Crippen molar-refractivity contribution in [3.63, 3.8) is 0 Å². The van der Waals surface area contributed by atoms with Gasteiger partial charge in [0.1, 0.15) is 0 Å². The van der Waals surface area contributed by atoms with Crippen LogP contribution in [0.1, 0.15) is 42.4 Å².